The largest absolute Gasteiger partial charge is 0.350 e. The van der Waals surface area contributed by atoms with Crippen LogP contribution in [0.25, 0.3) is 0 Å². The Morgan fingerprint density at radius 3 is 2.67 bits per heavy atom. The Bertz CT molecular complexity index is 364. The van der Waals surface area contributed by atoms with E-state index in [1.165, 1.54) is 0 Å². The fourth-order valence-electron chi connectivity index (χ4n) is 1.55. The maximum atomic E-state index is 11.6. The van der Waals surface area contributed by atoms with Crippen LogP contribution in [-0.2, 0) is 14.6 Å². The monoisotopic (exact) mass is 295 g/mol. The molecule has 4 nitrogen and oxygen atoms in total. The van der Waals surface area contributed by atoms with Gasteiger partial charge in [-0.15, -0.1) is 0 Å². The maximum absolute atomic E-state index is 11.6. The number of carbonyl (C=O) groups excluding carboxylic acids is 1. The summed E-state index contributed by atoms with van der Waals surface area (Å²) >= 11 is 3.10. The van der Waals surface area contributed by atoms with Crippen LogP contribution in [0.15, 0.2) is 11.1 Å². The zero-order valence-corrected chi connectivity index (χ0v) is 10.7. The van der Waals surface area contributed by atoms with Crippen LogP contribution >= 0.6 is 15.9 Å². The summed E-state index contributed by atoms with van der Waals surface area (Å²) < 4.78 is 23.8. The minimum atomic E-state index is -3.23. The molecule has 0 aromatic rings. The summed E-state index contributed by atoms with van der Waals surface area (Å²) in [6.07, 6.45) is 1.90. The molecule has 15 heavy (non-hydrogen) atoms. The zero-order valence-electron chi connectivity index (χ0n) is 8.33. The molecule has 1 aliphatic rings. The average Bonchev–Trinajstić information content (AvgIpc) is 2.13. The van der Waals surface area contributed by atoms with E-state index >= 15 is 0 Å². The molecule has 1 heterocycles. The number of nitrogens with one attached hydrogen (secondary N) is 1. The van der Waals surface area contributed by atoms with E-state index in [0.29, 0.717) is 17.3 Å². The van der Waals surface area contributed by atoms with Crippen molar-refractivity contribution in [3.8, 4) is 0 Å². The minimum absolute atomic E-state index is 0.125. The van der Waals surface area contributed by atoms with Gasteiger partial charge in [0, 0.05) is 11.0 Å². The fourth-order valence-corrected chi connectivity index (χ4v) is 3.51. The van der Waals surface area contributed by atoms with Crippen molar-refractivity contribution < 1.29 is 13.2 Å². The lowest BCUT2D eigenvalue weighted by molar-refractivity contribution is -0.120. The summed E-state index contributed by atoms with van der Waals surface area (Å²) in [6.45, 7) is 3.83. The lowest BCUT2D eigenvalue weighted by atomic mass is 10.2. The molecular weight excluding hydrogens is 282 g/mol. The van der Waals surface area contributed by atoms with Crippen molar-refractivity contribution in [2.45, 2.75) is 24.5 Å². The summed E-state index contributed by atoms with van der Waals surface area (Å²) in [5.41, 5.74) is 0. The van der Waals surface area contributed by atoms with Gasteiger partial charge in [0.25, 0.3) is 0 Å². The fraction of sp³-hybridized carbons (Fsp3) is 0.667. The number of sulfone groups is 1. The highest BCUT2D eigenvalue weighted by atomic mass is 79.9. The molecule has 0 radical (unpaired) electrons. The molecule has 0 aromatic heterocycles. The minimum Gasteiger partial charge on any atom is -0.350 e. The molecule has 0 saturated carbocycles. The molecule has 1 fully saturated rings. The van der Waals surface area contributed by atoms with Gasteiger partial charge in [0.15, 0.2) is 9.84 Å². The molecule has 0 aliphatic carbocycles. The molecule has 1 unspecified atom stereocenters. The van der Waals surface area contributed by atoms with Gasteiger partial charge in [-0.05, 0) is 12.8 Å². The Morgan fingerprint density at radius 2 is 2.13 bits per heavy atom. The van der Waals surface area contributed by atoms with Crippen LogP contribution < -0.4 is 5.32 Å². The van der Waals surface area contributed by atoms with Gasteiger partial charge in [0.05, 0.1) is 5.75 Å². The van der Waals surface area contributed by atoms with Gasteiger partial charge in [0.2, 0.25) is 5.91 Å². The summed E-state index contributed by atoms with van der Waals surface area (Å²) in [4.78, 5) is 11.6. The predicted octanol–water partition coefficient (Wildman–Crippen LogP) is 0.978. The van der Waals surface area contributed by atoms with Crippen molar-refractivity contribution in [3.63, 3.8) is 0 Å². The van der Waals surface area contributed by atoms with E-state index in [1.807, 2.05) is 0 Å². The number of carbonyl (C=O) groups is 1. The number of rotatable bonds is 3. The Hall–Kier alpha value is -0.360. The lowest BCUT2D eigenvalue weighted by Crippen LogP contribution is -2.43. The van der Waals surface area contributed by atoms with Gasteiger partial charge in [0.1, 0.15) is 5.25 Å². The second kappa shape index (κ2) is 5.12. The van der Waals surface area contributed by atoms with Crippen molar-refractivity contribution in [1.82, 2.24) is 5.32 Å². The molecule has 0 spiro atoms. The molecule has 86 valence electrons. The summed E-state index contributed by atoms with van der Waals surface area (Å²) in [5.74, 6) is -0.282. The Morgan fingerprint density at radius 1 is 1.47 bits per heavy atom. The molecule has 1 N–H and O–H groups in total. The number of hydrogen-bond donors (Lipinski definition) is 1. The van der Waals surface area contributed by atoms with Crippen LogP contribution in [0.5, 0.6) is 0 Å². The van der Waals surface area contributed by atoms with Gasteiger partial charge in [-0.25, -0.2) is 8.42 Å². The van der Waals surface area contributed by atoms with Gasteiger partial charge >= 0.3 is 0 Å². The standard InChI is InChI=1S/C9H14BrNO3S/c1-7(10)6-11-9(12)8-4-2-3-5-15(8,13)14/h8H,1-6H2,(H,11,12). The van der Waals surface area contributed by atoms with E-state index in [1.54, 1.807) is 0 Å². The third kappa shape index (κ3) is 3.61. The molecule has 1 amide bonds. The van der Waals surface area contributed by atoms with E-state index in [0.717, 1.165) is 6.42 Å². The summed E-state index contributed by atoms with van der Waals surface area (Å²) in [6, 6.07) is 0. The van der Waals surface area contributed by atoms with Gasteiger partial charge in [-0.1, -0.05) is 28.9 Å². The van der Waals surface area contributed by atoms with E-state index in [2.05, 4.69) is 27.8 Å². The zero-order chi connectivity index (χ0) is 11.5. The summed E-state index contributed by atoms with van der Waals surface area (Å²) in [5, 5.41) is 1.68. The Labute approximate surface area is 98.2 Å². The van der Waals surface area contributed by atoms with E-state index < -0.39 is 21.0 Å². The van der Waals surface area contributed by atoms with Crippen molar-refractivity contribution >= 4 is 31.7 Å². The van der Waals surface area contributed by atoms with Gasteiger partial charge in [-0.2, -0.15) is 0 Å². The van der Waals surface area contributed by atoms with Gasteiger partial charge in [-0.3, -0.25) is 4.79 Å². The lowest BCUT2D eigenvalue weighted by Gasteiger charge is -2.21. The molecule has 1 atom stereocenters. The molecule has 1 saturated heterocycles. The topological polar surface area (TPSA) is 63.2 Å². The van der Waals surface area contributed by atoms with Crippen LogP contribution in [0, 0.1) is 0 Å². The predicted molar refractivity (Wildman–Crippen MR) is 62.5 cm³/mol. The molecule has 6 heteroatoms. The van der Waals surface area contributed by atoms with Crippen LogP contribution in [0.3, 0.4) is 0 Å². The quantitative estimate of drug-likeness (QED) is 0.844. The van der Waals surface area contributed by atoms with E-state index in [9.17, 15) is 13.2 Å². The van der Waals surface area contributed by atoms with Crippen LogP contribution in [-0.4, -0.2) is 31.9 Å². The normalized spacial score (nSPS) is 24.5. The van der Waals surface area contributed by atoms with Crippen molar-refractivity contribution in [3.05, 3.63) is 11.1 Å². The molecule has 0 aromatic carbocycles. The number of hydrogen-bond acceptors (Lipinski definition) is 3. The van der Waals surface area contributed by atoms with Crippen molar-refractivity contribution in [2.24, 2.45) is 0 Å². The SMILES string of the molecule is C=C(Br)CNC(=O)C1CCCCS1(=O)=O. The highest BCUT2D eigenvalue weighted by molar-refractivity contribution is 9.11. The molecule has 0 bridgehead atoms. The van der Waals surface area contributed by atoms with E-state index in [4.69, 9.17) is 0 Å². The van der Waals surface area contributed by atoms with Crippen LogP contribution in [0.2, 0.25) is 0 Å². The highest BCUT2D eigenvalue weighted by Gasteiger charge is 2.34. The Balaban J connectivity index is 2.61. The average molecular weight is 296 g/mol. The third-order valence-electron chi connectivity index (χ3n) is 2.33. The first-order valence-corrected chi connectivity index (χ1v) is 7.27. The smallest absolute Gasteiger partial charge is 0.238 e. The summed E-state index contributed by atoms with van der Waals surface area (Å²) in [7, 11) is -3.23. The van der Waals surface area contributed by atoms with Crippen LogP contribution in [0.4, 0.5) is 0 Å². The van der Waals surface area contributed by atoms with Gasteiger partial charge < -0.3 is 5.32 Å². The second-order valence-corrected chi connectivity index (χ2v) is 7.01. The maximum Gasteiger partial charge on any atom is 0.238 e. The molecule has 1 rings (SSSR count). The van der Waals surface area contributed by atoms with E-state index in [-0.39, 0.29) is 12.3 Å². The molecular formula is C9H14BrNO3S. The number of halogens is 1. The van der Waals surface area contributed by atoms with Crippen LogP contribution in [0.1, 0.15) is 19.3 Å². The number of amides is 1. The first-order chi connectivity index (χ1) is 6.93. The first kappa shape index (κ1) is 12.7. The third-order valence-corrected chi connectivity index (χ3v) is 4.78. The molecule has 1 aliphatic heterocycles. The van der Waals surface area contributed by atoms with Crippen molar-refractivity contribution in [2.75, 3.05) is 12.3 Å². The van der Waals surface area contributed by atoms with Crippen molar-refractivity contribution in [1.29, 1.82) is 0 Å². The first-order valence-electron chi connectivity index (χ1n) is 4.76. The second-order valence-electron chi connectivity index (χ2n) is 3.59. The Kier molecular flexibility index (Phi) is 4.33. The highest BCUT2D eigenvalue weighted by Crippen LogP contribution is 2.19.